The summed E-state index contributed by atoms with van der Waals surface area (Å²) in [6.45, 7) is 14.5. The predicted molar refractivity (Wildman–Crippen MR) is 319 cm³/mol. The topological polar surface area (TPSA) is 240 Å². The van der Waals surface area contributed by atoms with Crippen LogP contribution in [-0.2, 0) is 42.4 Å². The molecule has 3 N–H and O–H groups in total. The van der Waals surface area contributed by atoms with Crippen molar-refractivity contribution in [1.29, 1.82) is 5.26 Å². The first kappa shape index (κ1) is 59.4. The van der Waals surface area contributed by atoms with Gasteiger partial charge in [-0.1, -0.05) is 38.1 Å². The first-order chi connectivity index (χ1) is 41.1. The number of hydrogen-bond acceptors (Lipinski definition) is 17. The van der Waals surface area contributed by atoms with Gasteiger partial charge in [0.15, 0.2) is 17.7 Å². The van der Waals surface area contributed by atoms with E-state index in [9.17, 15) is 38.7 Å². The van der Waals surface area contributed by atoms with Crippen molar-refractivity contribution in [2.24, 2.45) is 0 Å². The average molecular weight is 1220 g/mol. The summed E-state index contributed by atoms with van der Waals surface area (Å²) in [5.41, 5.74) is 6.47. The first-order valence-electron chi connectivity index (χ1n) is 28.4. The van der Waals surface area contributed by atoms with Gasteiger partial charge >= 0.3 is 18.1 Å². The lowest BCUT2D eigenvalue weighted by Gasteiger charge is -2.41. The summed E-state index contributed by atoms with van der Waals surface area (Å²) in [4.78, 5) is 90.0. The van der Waals surface area contributed by atoms with Crippen molar-refractivity contribution in [1.82, 2.24) is 34.2 Å². The number of benzene rings is 3. The van der Waals surface area contributed by atoms with Crippen LogP contribution in [-0.4, -0.2) is 140 Å². The first-order valence-corrected chi connectivity index (χ1v) is 29.6. The van der Waals surface area contributed by atoms with E-state index in [1.165, 1.54) is 23.1 Å². The second-order valence-corrected chi connectivity index (χ2v) is 24.3. The molecule has 11 rings (SSSR count). The summed E-state index contributed by atoms with van der Waals surface area (Å²) < 4.78 is 67.1. The number of aryl methyl sites for hydroxylation is 1. The van der Waals surface area contributed by atoms with Crippen LogP contribution in [0.2, 0.25) is 5.02 Å². The number of esters is 1. The number of piperazine rings is 1. The number of nitrogens with two attached hydrogens (primary N) is 1. The van der Waals surface area contributed by atoms with Crippen LogP contribution in [0, 0.1) is 29.9 Å². The average Bonchev–Trinajstić information content (AvgIpc) is 1.45. The number of alkyl halides is 1. The molecule has 3 saturated heterocycles. The third kappa shape index (κ3) is 10.1. The Hall–Kier alpha value is -8.33. The lowest BCUT2D eigenvalue weighted by Crippen LogP contribution is -2.54. The number of nitrogen functional groups attached to an aromatic ring is 1. The third-order valence-corrected chi connectivity index (χ3v) is 18.7. The Morgan fingerprint density at radius 1 is 1.09 bits per heavy atom. The van der Waals surface area contributed by atoms with Crippen LogP contribution in [0.3, 0.4) is 0 Å². The maximum atomic E-state index is 17.5. The standard InChI is InChI=1S/C62H62ClF3N10O9S/c1-8-37-39-19-36(78)11-14-46(39)69-52-42(37)26-76-47(52)21-43(34(7)58(76)81)62(9-2,29-77)85-48(79)27-75(31(3)4)60(82)83-28-32(5)57(80)72-17-18-74(33(6)24-72)56-40-20-44(63)50(38-12-13-45(65)54-49(38)41(23-67)55(68)86-54)51(66)53(40)70-59(71-56)84-30-61-15-10-16-73(61)25-35(64)22-61/h11-14,19-21,29,31,33,35,78H,5,8-10,15-18,22,24-28,30,68H2,1-4,6-7H3/t33-,35+,61-,62+/m0/s1. The van der Waals surface area contributed by atoms with Gasteiger partial charge in [-0.3, -0.25) is 29.0 Å². The molecule has 448 valence electrons. The van der Waals surface area contributed by atoms with Crippen molar-refractivity contribution in [3.8, 4) is 40.3 Å². The zero-order valence-corrected chi connectivity index (χ0v) is 49.8. The molecule has 0 unspecified atom stereocenters. The summed E-state index contributed by atoms with van der Waals surface area (Å²) >= 11 is 7.84. The van der Waals surface area contributed by atoms with Crippen molar-refractivity contribution in [3.63, 3.8) is 0 Å². The number of amides is 2. The van der Waals surface area contributed by atoms with Gasteiger partial charge in [-0.25, -0.2) is 22.9 Å². The number of aromatic nitrogens is 4. The van der Waals surface area contributed by atoms with Crippen LogP contribution >= 0.6 is 22.9 Å². The molecule has 4 aliphatic heterocycles. The van der Waals surface area contributed by atoms with Crippen molar-refractivity contribution >= 4 is 89.9 Å². The van der Waals surface area contributed by atoms with E-state index in [1.54, 1.807) is 50.5 Å². The van der Waals surface area contributed by atoms with Crippen LogP contribution in [0.15, 0.2) is 59.4 Å². The summed E-state index contributed by atoms with van der Waals surface area (Å²) in [6, 6.07) is 11.2. The Balaban J connectivity index is 0.793. The molecule has 0 saturated carbocycles. The normalized spacial score (nSPS) is 18.9. The van der Waals surface area contributed by atoms with E-state index >= 15 is 8.78 Å². The molecule has 4 aromatic heterocycles. The number of phenols is 1. The van der Waals surface area contributed by atoms with Gasteiger partial charge in [0, 0.05) is 88.7 Å². The zero-order chi connectivity index (χ0) is 61.4. The van der Waals surface area contributed by atoms with E-state index in [2.05, 4.69) is 16.5 Å². The molecule has 0 aliphatic carbocycles. The molecule has 4 aliphatic rings. The van der Waals surface area contributed by atoms with Gasteiger partial charge in [0.25, 0.3) is 11.5 Å². The largest absolute Gasteiger partial charge is 0.508 e. The zero-order valence-electron chi connectivity index (χ0n) is 48.2. The van der Waals surface area contributed by atoms with Crippen LogP contribution in [0.25, 0.3) is 54.4 Å². The number of carbonyl (C=O) groups is 4. The van der Waals surface area contributed by atoms with Crippen LogP contribution < -0.4 is 20.9 Å². The van der Waals surface area contributed by atoms with E-state index in [1.807, 2.05) is 24.8 Å². The van der Waals surface area contributed by atoms with Gasteiger partial charge in [0.2, 0.25) is 0 Å². The number of pyridine rings is 2. The van der Waals surface area contributed by atoms with Crippen molar-refractivity contribution in [2.45, 2.75) is 110 Å². The van der Waals surface area contributed by atoms with Gasteiger partial charge in [-0.2, -0.15) is 15.2 Å². The highest BCUT2D eigenvalue weighted by Crippen LogP contribution is 2.47. The number of rotatable bonds is 16. The number of ether oxygens (including phenoxy) is 3. The van der Waals surface area contributed by atoms with Gasteiger partial charge in [-0.15, -0.1) is 11.3 Å². The molecule has 86 heavy (non-hydrogen) atoms. The summed E-state index contributed by atoms with van der Waals surface area (Å²) in [6.07, 6.45) is 0.753. The predicted octanol–water partition coefficient (Wildman–Crippen LogP) is 9.66. The summed E-state index contributed by atoms with van der Waals surface area (Å²) in [5, 5.41) is 21.3. The Morgan fingerprint density at radius 3 is 2.58 bits per heavy atom. The number of carbonyl (C=O) groups excluding carboxylic acids is 4. The lowest BCUT2D eigenvalue weighted by atomic mass is 9.88. The minimum Gasteiger partial charge on any atom is -0.508 e. The van der Waals surface area contributed by atoms with E-state index in [4.69, 9.17) is 41.5 Å². The highest BCUT2D eigenvalue weighted by atomic mass is 35.5. The molecule has 0 spiro atoms. The fourth-order valence-electron chi connectivity index (χ4n) is 13.0. The van der Waals surface area contributed by atoms with Gasteiger partial charge < -0.3 is 39.4 Å². The van der Waals surface area contributed by atoms with Crippen LogP contribution in [0.4, 0.5) is 28.8 Å². The number of nitrogens with zero attached hydrogens (tertiary/aromatic N) is 9. The minimum atomic E-state index is -1.94. The number of fused-ring (bicyclic) bond motifs is 7. The summed E-state index contributed by atoms with van der Waals surface area (Å²) in [5.74, 6) is -2.76. The Bertz CT molecular complexity index is 4140. The molecule has 0 radical (unpaired) electrons. The molecule has 7 aromatic rings. The molecular formula is C62H62ClF3N10O9S. The fraction of sp³-hybridized carbons (Fsp3) is 0.403. The molecule has 4 atom stereocenters. The number of aldehydes is 1. The van der Waals surface area contributed by atoms with E-state index in [-0.39, 0.29) is 134 Å². The van der Waals surface area contributed by atoms with Crippen molar-refractivity contribution in [3.05, 3.63) is 109 Å². The molecular weight excluding hydrogens is 1150 g/mol. The molecule has 24 heteroatoms. The van der Waals surface area contributed by atoms with Crippen LogP contribution in [0.5, 0.6) is 11.8 Å². The fourth-order valence-corrected chi connectivity index (χ4v) is 14.2. The highest BCUT2D eigenvalue weighted by molar-refractivity contribution is 7.23. The van der Waals surface area contributed by atoms with E-state index in [0.717, 1.165) is 45.2 Å². The second kappa shape index (κ2) is 22.8. The summed E-state index contributed by atoms with van der Waals surface area (Å²) in [7, 11) is 0. The molecule has 3 fully saturated rings. The smallest absolute Gasteiger partial charge is 0.410 e. The van der Waals surface area contributed by atoms with Gasteiger partial charge in [-0.05, 0) is 107 Å². The quantitative estimate of drug-likeness (QED) is 0.0520. The van der Waals surface area contributed by atoms with Crippen LogP contribution in [0.1, 0.15) is 88.1 Å². The Labute approximate surface area is 501 Å². The number of hydrogen-bond donors (Lipinski definition) is 2. The van der Waals surface area contributed by atoms with E-state index < -0.39 is 77.7 Å². The number of halogens is 4. The highest BCUT2D eigenvalue weighted by Gasteiger charge is 2.50. The second-order valence-electron chi connectivity index (χ2n) is 22.8. The molecule has 2 amide bonds. The molecule has 3 aromatic carbocycles. The molecule has 8 heterocycles. The monoisotopic (exact) mass is 1210 g/mol. The SMILES string of the molecule is C=C(COC(=O)N(CC(=O)O[C@@](C=O)(CC)c1cc2n(c(=O)c1C)Cc1c-2nc2ccc(O)cc2c1CC)C(C)C)C(=O)N1CCN(c2nc(OC[C@@]34CCCN3C[C@H](F)C4)nc3c(F)c(-c4ccc(F)c5sc(N)c(C#N)c45)c(Cl)cc23)[C@@H](C)C1. The van der Waals surface area contributed by atoms with Crippen molar-refractivity contribution in [2.75, 3.05) is 63.1 Å². The lowest BCUT2D eigenvalue weighted by molar-refractivity contribution is -0.165. The van der Waals surface area contributed by atoms with Gasteiger partial charge in [0.05, 0.1) is 44.3 Å². The van der Waals surface area contributed by atoms with Crippen molar-refractivity contribution < 1.29 is 51.7 Å². The maximum absolute atomic E-state index is 17.5. The number of thiophene rings is 1. The molecule has 0 bridgehead atoms. The third-order valence-electron chi connectivity index (χ3n) is 17.4. The van der Waals surface area contributed by atoms with Gasteiger partial charge in [0.1, 0.15) is 59.9 Å². The molecule has 19 nitrogen and oxygen atoms in total. The number of aromatic hydroxyl groups is 1. The number of phenolic OH excluding ortho intramolecular Hbond substituents is 1. The minimum absolute atomic E-state index is 0.0302. The maximum Gasteiger partial charge on any atom is 0.410 e. The Morgan fingerprint density at radius 2 is 1.87 bits per heavy atom. The number of anilines is 2. The van der Waals surface area contributed by atoms with E-state index in [0.29, 0.717) is 42.6 Å². The Kier molecular flexibility index (Phi) is 15.8. The number of nitriles is 1.